The highest BCUT2D eigenvalue weighted by Crippen LogP contribution is 1.72. The predicted molar refractivity (Wildman–Crippen MR) is 32.7 cm³/mol. The summed E-state index contributed by atoms with van der Waals surface area (Å²) < 4.78 is 1.43. The Hall–Kier alpha value is -1.40. The van der Waals surface area contributed by atoms with Crippen LogP contribution in [-0.4, -0.2) is 0 Å². The summed E-state index contributed by atoms with van der Waals surface area (Å²) >= 11 is 0. The average molecular weight is 122 g/mol. The molecule has 0 fully saturated rings. The minimum atomic E-state index is 0. The maximum absolute atomic E-state index is 8.25. The topological polar surface area (TPSA) is 62.7 Å². The molecule has 1 aromatic heterocycles. The second kappa shape index (κ2) is 3.58. The van der Waals surface area contributed by atoms with Crippen LogP contribution in [0, 0.1) is 11.5 Å². The highest BCUT2D eigenvalue weighted by Gasteiger charge is 1.85. The van der Waals surface area contributed by atoms with Gasteiger partial charge in [-0.2, -0.15) is 0 Å². The Morgan fingerprint density at radius 3 is 2.00 bits per heavy atom. The molecule has 0 aliphatic heterocycles. The number of pyridine rings is 1. The highest BCUT2D eigenvalue weighted by molar-refractivity contribution is 4.84. The Kier molecular flexibility index (Phi) is 3.03. The fourth-order valence-corrected chi connectivity index (χ4v) is 0.465. The molecule has 1 aromatic rings. The zero-order valence-electron chi connectivity index (χ0n) is 4.99. The van der Waals surface area contributed by atoms with Crippen molar-refractivity contribution in [1.29, 1.82) is 5.26 Å². The van der Waals surface area contributed by atoms with Crippen molar-refractivity contribution in [3.63, 3.8) is 0 Å². The van der Waals surface area contributed by atoms with Crippen LogP contribution in [-0.2, 0) is 0 Å². The summed E-state index contributed by atoms with van der Waals surface area (Å²) in [6, 6.07) is 5.49. The molecule has 1 rings (SSSR count). The lowest BCUT2D eigenvalue weighted by atomic mass is 10.5. The molecule has 1 heterocycles. The number of hydrogen-bond donors (Lipinski definition) is 1. The van der Waals surface area contributed by atoms with Crippen LogP contribution in [0.5, 0.6) is 0 Å². The quantitative estimate of drug-likeness (QED) is 0.508. The van der Waals surface area contributed by atoms with Crippen molar-refractivity contribution in [1.82, 2.24) is 6.15 Å². The third kappa shape index (κ3) is 1.89. The molecular formula is C6H8N3+. The van der Waals surface area contributed by atoms with E-state index in [0.29, 0.717) is 0 Å². The van der Waals surface area contributed by atoms with Gasteiger partial charge in [0.2, 0.25) is 0 Å². The van der Waals surface area contributed by atoms with Crippen molar-refractivity contribution in [2.75, 3.05) is 0 Å². The SMILES string of the molecule is N.N#C[n+]1ccccc1. The van der Waals surface area contributed by atoms with Gasteiger partial charge in [-0.3, -0.25) is 0 Å². The van der Waals surface area contributed by atoms with Crippen LogP contribution in [0.25, 0.3) is 0 Å². The van der Waals surface area contributed by atoms with Crippen molar-refractivity contribution in [2.45, 2.75) is 0 Å². The van der Waals surface area contributed by atoms with Gasteiger partial charge >= 0.3 is 6.19 Å². The fourth-order valence-electron chi connectivity index (χ4n) is 0.465. The van der Waals surface area contributed by atoms with E-state index >= 15 is 0 Å². The van der Waals surface area contributed by atoms with Gasteiger partial charge in [-0.05, 0) is 12.1 Å². The van der Waals surface area contributed by atoms with Gasteiger partial charge in [0.25, 0.3) is 0 Å². The van der Waals surface area contributed by atoms with Gasteiger partial charge in [-0.1, -0.05) is 6.07 Å². The molecule has 0 radical (unpaired) electrons. The van der Waals surface area contributed by atoms with Crippen LogP contribution >= 0.6 is 0 Å². The fraction of sp³-hybridized carbons (Fsp3) is 0. The molecule has 0 amide bonds. The first kappa shape index (κ1) is 7.60. The van der Waals surface area contributed by atoms with Gasteiger partial charge in [0.15, 0.2) is 5.26 Å². The number of rotatable bonds is 0. The van der Waals surface area contributed by atoms with Crippen LogP contribution in [0.4, 0.5) is 0 Å². The number of nitriles is 1. The van der Waals surface area contributed by atoms with Crippen molar-refractivity contribution < 1.29 is 4.57 Å². The molecular weight excluding hydrogens is 114 g/mol. The third-order valence-electron chi connectivity index (χ3n) is 0.831. The van der Waals surface area contributed by atoms with Gasteiger partial charge in [-0.15, -0.1) is 4.57 Å². The Labute approximate surface area is 53.8 Å². The van der Waals surface area contributed by atoms with Crippen LogP contribution < -0.4 is 10.7 Å². The van der Waals surface area contributed by atoms with E-state index in [0.717, 1.165) is 0 Å². The normalized spacial score (nSPS) is 7.00. The van der Waals surface area contributed by atoms with E-state index in [-0.39, 0.29) is 6.15 Å². The Morgan fingerprint density at radius 2 is 1.67 bits per heavy atom. The Morgan fingerprint density at radius 1 is 1.11 bits per heavy atom. The second-order valence-electron chi connectivity index (χ2n) is 1.38. The maximum Gasteiger partial charge on any atom is 0.463 e. The summed E-state index contributed by atoms with van der Waals surface area (Å²) in [5.41, 5.74) is 0. The monoisotopic (exact) mass is 122 g/mol. The summed E-state index contributed by atoms with van der Waals surface area (Å²) in [5.74, 6) is 0. The van der Waals surface area contributed by atoms with Crippen molar-refractivity contribution >= 4 is 0 Å². The number of hydrogen-bond acceptors (Lipinski definition) is 2. The Balaban J connectivity index is 0.000000640. The minimum Gasteiger partial charge on any atom is -0.344 e. The van der Waals surface area contributed by atoms with E-state index in [9.17, 15) is 0 Å². The molecule has 3 heteroatoms. The first-order chi connectivity index (χ1) is 3.93. The van der Waals surface area contributed by atoms with Gasteiger partial charge in [0, 0.05) is 0 Å². The molecule has 46 valence electrons. The summed E-state index contributed by atoms with van der Waals surface area (Å²) in [6.45, 7) is 0. The summed E-state index contributed by atoms with van der Waals surface area (Å²) in [5, 5.41) is 8.25. The molecule has 0 unspecified atom stereocenters. The summed E-state index contributed by atoms with van der Waals surface area (Å²) in [7, 11) is 0. The molecule has 0 saturated carbocycles. The van der Waals surface area contributed by atoms with Gasteiger partial charge in [-0.25, -0.2) is 0 Å². The largest absolute Gasteiger partial charge is 0.463 e. The molecule has 0 bridgehead atoms. The first-order valence-electron chi connectivity index (χ1n) is 2.30. The highest BCUT2D eigenvalue weighted by atomic mass is 14.9. The Bertz CT molecular complexity index is 199. The molecule has 3 N–H and O–H groups in total. The average Bonchev–Trinajstić information content (AvgIpc) is 1.90. The molecule has 0 aliphatic carbocycles. The van der Waals surface area contributed by atoms with Crippen molar-refractivity contribution in [2.24, 2.45) is 0 Å². The third-order valence-corrected chi connectivity index (χ3v) is 0.831. The molecule has 0 saturated heterocycles. The summed E-state index contributed by atoms with van der Waals surface area (Å²) in [4.78, 5) is 0. The lowest BCUT2D eigenvalue weighted by Gasteiger charge is -1.76. The zero-order valence-corrected chi connectivity index (χ0v) is 4.99. The molecule has 0 aliphatic rings. The minimum absolute atomic E-state index is 0. The van der Waals surface area contributed by atoms with Crippen LogP contribution in [0.15, 0.2) is 30.6 Å². The molecule has 9 heavy (non-hydrogen) atoms. The van der Waals surface area contributed by atoms with Crippen LogP contribution in [0.3, 0.4) is 0 Å². The van der Waals surface area contributed by atoms with E-state index in [1.807, 2.05) is 24.4 Å². The second-order valence-corrected chi connectivity index (χ2v) is 1.38. The van der Waals surface area contributed by atoms with Gasteiger partial charge < -0.3 is 6.15 Å². The standard InChI is InChI=1S/C6H5N2.H3N/c7-6-8-4-2-1-3-5-8;/h1-5H;1H3/q+1;. The van der Waals surface area contributed by atoms with E-state index in [4.69, 9.17) is 5.26 Å². The van der Waals surface area contributed by atoms with E-state index in [1.165, 1.54) is 4.57 Å². The zero-order chi connectivity index (χ0) is 5.82. The van der Waals surface area contributed by atoms with Crippen molar-refractivity contribution in [3.8, 4) is 6.19 Å². The van der Waals surface area contributed by atoms with E-state index in [2.05, 4.69) is 0 Å². The van der Waals surface area contributed by atoms with Crippen LogP contribution in [0.2, 0.25) is 0 Å². The maximum atomic E-state index is 8.25. The summed E-state index contributed by atoms with van der Waals surface area (Å²) in [6.07, 6.45) is 5.33. The lowest BCUT2D eigenvalue weighted by molar-refractivity contribution is -0.586. The first-order valence-corrected chi connectivity index (χ1v) is 2.30. The predicted octanol–water partition coefficient (Wildman–Crippen LogP) is 0.465. The van der Waals surface area contributed by atoms with E-state index in [1.54, 1.807) is 12.4 Å². The van der Waals surface area contributed by atoms with Gasteiger partial charge in [0.1, 0.15) is 12.4 Å². The number of aromatic nitrogens is 1. The van der Waals surface area contributed by atoms with Crippen LogP contribution in [0.1, 0.15) is 0 Å². The van der Waals surface area contributed by atoms with Gasteiger partial charge in [0.05, 0.1) is 0 Å². The molecule has 0 atom stereocenters. The number of nitrogens with zero attached hydrogens (tertiary/aromatic N) is 2. The van der Waals surface area contributed by atoms with Crippen molar-refractivity contribution in [3.05, 3.63) is 30.6 Å². The van der Waals surface area contributed by atoms with E-state index < -0.39 is 0 Å². The molecule has 3 nitrogen and oxygen atoms in total. The lowest BCUT2D eigenvalue weighted by Crippen LogP contribution is -2.25. The smallest absolute Gasteiger partial charge is 0.344 e. The molecule has 0 aromatic carbocycles. The molecule has 0 spiro atoms.